The first-order valence-corrected chi connectivity index (χ1v) is 9.11. The highest BCUT2D eigenvalue weighted by Gasteiger charge is 2.33. The molecule has 0 saturated heterocycles. The smallest absolute Gasteiger partial charge is 0.416 e. The van der Waals surface area contributed by atoms with Gasteiger partial charge < -0.3 is 14.5 Å². The molecular formula is C22H17F3N2O3. The summed E-state index contributed by atoms with van der Waals surface area (Å²) in [5, 5.41) is 0.824. The average Bonchev–Trinajstić information content (AvgIpc) is 3.19. The summed E-state index contributed by atoms with van der Waals surface area (Å²) in [7, 11) is 1.44. The number of methoxy groups -OCH3 is 1. The number of halogens is 3. The Hall–Kier alpha value is -3.55. The number of nitrogens with zero attached hydrogens (tertiary/aromatic N) is 1. The number of hydrogen-bond acceptors (Lipinski definition) is 4. The van der Waals surface area contributed by atoms with Gasteiger partial charge in [0.2, 0.25) is 5.56 Å². The Bertz CT molecular complexity index is 1280. The average molecular weight is 414 g/mol. The number of fused-ring (bicyclic) bond motifs is 1. The molecule has 154 valence electrons. The van der Waals surface area contributed by atoms with Crippen LogP contribution in [0.2, 0.25) is 0 Å². The second-order valence-electron chi connectivity index (χ2n) is 6.66. The molecule has 1 N–H and O–H groups in total. The number of benzene rings is 2. The van der Waals surface area contributed by atoms with Crippen molar-refractivity contribution in [1.29, 1.82) is 0 Å². The summed E-state index contributed by atoms with van der Waals surface area (Å²) in [4.78, 5) is 18.9. The summed E-state index contributed by atoms with van der Waals surface area (Å²) >= 11 is 0. The number of aromatic amines is 1. The van der Waals surface area contributed by atoms with Crippen LogP contribution in [0.3, 0.4) is 0 Å². The minimum Gasteiger partial charge on any atom is -0.493 e. The predicted molar refractivity (Wildman–Crippen MR) is 105 cm³/mol. The van der Waals surface area contributed by atoms with Gasteiger partial charge in [-0.25, -0.2) is 0 Å². The van der Waals surface area contributed by atoms with Gasteiger partial charge in [0.05, 0.1) is 19.2 Å². The van der Waals surface area contributed by atoms with Crippen LogP contribution in [-0.2, 0) is 12.8 Å². The molecule has 0 spiro atoms. The van der Waals surface area contributed by atoms with Crippen molar-refractivity contribution in [2.45, 2.75) is 12.8 Å². The fourth-order valence-corrected chi connectivity index (χ4v) is 3.39. The summed E-state index contributed by atoms with van der Waals surface area (Å²) < 4.78 is 50.6. The highest BCUT2D eigenvalue weighted by Crippen LogP contribution is 2.35. The highest BCUT2D eigenvalue weighted by atomic mass is 19.4. The maximum absolute atomic E-state index is 13.2. The number of rotatable bonds is 5. The number of nitrogens with one attached hydrogen (secondary N) is 1. The topological polar surface area (TPSA) is 63.7 Å². The Morgan fingerprint density at radius 2 is 1.90 bits per heavy atom. The number of ether oxygens (including phenoxy) is 2. The summed E-state index contributed by atoms with van der Waals surface area (Å²) in [6, 6.07) is 11.8. The molecule has 2 heterocycles. The lowest BCUT2D eigenvalue weighted by atomic mass is 10.0. The Morgan fingerprint density at radius 3 is 2.67 bits per heavy atom. The van der Waals surface area contributed by atoms with Gasteiger partial charge in [0, 0.05) is 16.8 Å². The van der Waals surface area contributed by atoms with Crippen LogP contribution in [0.5, 0.6) is 11.5 Å². The molecule has 0 amide bonds. The molecule has 0 bridgehead atoms. The molecule has 0 aliphatic carbocycles. The first-order chi connectivity index (χ1) is 14.4. The van der Waals surface area contributed by atoms with Gasteiger partial charge in [-0.1, -0.05) is 30.3 Å². The van der Waals surface area contributed by atoms with Crippen LogP contribution in [0, 0.1) is 0 Å². The minimum absolute atomic E-state index is 0.0276. The Morgan fingerprint density at radius 1 is 1.10 bits per heavy atom. The van der Waals surface area contributed by atoms with Crippen molar-refractivity contribution in [2.75, 3.05) is 13.7 Å². The summed E-state index contributed by atoms with van der Waals surface area (Å²) in [5.74, 6) is 0.648. The third kappa shape index (κ3) is 3.80. The Kier molecular flexibility index (Phi) is 5.07. The SMILES string of the molecule is COc1cc(-c2cc(=O)[nH]c3c2=CCN=3)ccc1OCc1ccccc1C(F)(F)F. The molecule has 3 aromatic rings. The van der Waals surface area contributed by atoms with E-state index in [1.807, 2.05) is 6.08 Å². The third-order valence-electron chi connectivity index (χ3n) is 4.79. The van der Waals surface area contributed by atoms with Gasteiger partial charge >= 0.3 is 6.18 Å². The molecule has 0 saturated carbocycles. The zero-order chi connectivity index (χ0) is 21.3. The highest BCUT2D eigenvalue weighted by molar-refractivity contribution is 5.68. The standard InChI is InChI=1S/C22H17F3N2O3/c1-29-19-10-13(16-11-20(28)27-21-15(16)8-9-26-21)6-7-18(19)30-12-14-4-2-3-5-17(14)22(23,24)25/h2-8,10-11H,9,12H2,1H3,(H,26,27,28). The van der Waals surface area contributed by atoms with Crippen molar-refractivity contribution >= 4 is 6.08 Å². The molecule has 4 rings (SSSR count). The summed E-state index contributed by atoms with van der Waals surface area (Å²) in [6.45, 7) is 0.220. The third-order valence-corrected chi connectivity index (χ3v) is 4.79. The van der Waals surface area contributed by atoms with E-state index in [1.54, 1.807) is 18.2 Å². The lowest BCUT2D eigenvalue weighted by molar-refractivity contribution is -0.138. The zero-order valence-electron chi connectivity index (χ0n) is 15.9. The second-order valence-corrected chi connectivity index (χ2v) is 6.66. The quantitative estimate of drug-likeness (QED) is 0.698. The lowest BCUT2D eigenvalue weighted by Crippen LogP contribution is -2.33. The van der Waals surface area contributed by atoms with Crippen LogP contribution in [0.1, 0.15) is 11.1 Å². The molecule has 1 aliphatic heterocycles. The monoisotopic (exact) mass is 414 g/mol. The van der Waals surface area contributed by atoms with Crippen molar-refractivity contribution in [1.82, 2.24) is 4.98 Å². The van der Waals surface area contributed by atoms with E-state index in [1.165, 1.54) is 31.4 Å². The van der Waals surface area contributed by atoms with Gasteiger partial charge in [-0.05, 0) is 29.3 Å². The van der Waals surface area contributed by atoms with Gasteiger partial charge in [0.25, 0.3) is 0 Å². The van der Waals surface area contributed by atoms with E-state index in [0.717, 1.165) is 11.3 Å². The Labute approximate surface area is 169 Å². The normalized spacial score (nSPS) is 12.7. The molecule has 0 unspecified atom stereocenters. The fourth-order valence-electron chi connectivity index (χ4n) is 3.39. The molecule has 1 aromatic heterocycles. The van der Waals surface area contributed by atoms with Crippen LogP contribution in [-0.4, -0.2) is 18.6 Å². The number of hydrogen-bond donors (Lipinski definition) is 1. The molecule has 30 heavy (non-hydrogen) atoms. The molecule has 0 fully saturated rings. The predicted octanol–water partition coefficient (Wildman–Crippen LogP) is 3.06. The van der Waals surface area contributed by atoms with Gasteiger partial charge in [-0.3, -0.25) is 9.79 Å². The number of aromatic nitrogens is 1. The van der Waals surface area contributed by atoms with Crippen LogP contribution in [0.4, 0.5) is 13.2 Å². The largest absolute Gasteiger partial charge is 0.493 e. The zero-order valence-corrected chi connectivity index (χ0v) is 15.9. The van der Waals surface area contributed by atoms with E-state index in [2.05, 4.69) is 9.98 Å². The second kappa shape index (κ2) is 7.70. The maximum atomic E-state index is 13.2. The molecule has 2 aromatic carbocycles. The van der Waals surface area contributed by atoms with Crippen molar-refractivity contribution in [2.24, 2.45) is 4.99 Å². The first kappa shape index (κ1) is 19.8. The molecule has 8 heteroatoms. The van der Waals surface area contributed by atoms with E-state index >= 15 is 0 Å². The molecule has 0 radical (unpaired) electrons. The minimum atomic E-state index is -4.46. The fraction of sp³-hybridized carbons (Fsp3) is 0.182. The van der Waals surface area contributed by atoms with E-state index in [0.29, 0.717) is 34.7 Å². The molecular weight excluding hydrogens is 397 g/mol. The van der Waals surface area contributed by atoms with Crippen LogP contribution >= 0.6 is 0 Å². The van der Waals surface area contributed by atoms with Gasteiger partial charge in [-0.15, -0.1) is 0 Å². The lowest BCUT2D eigenvalue weighted by Gasteiger charge is -2.15. The first-order valence-electron chi connectivity index (χ1n) is 9.11. The number of pyridine rings is 1. The summed E-state index contributed by atoms with van der Waals surface area (Å²) in [6.07, 6.45) is -2.55. The van der Waals surface area contributed by atoms with Gasteiger partial charge in [0.15, 0.2) is 11.5 Å². The van der Waals surface area contributed by atoms with E-state index in [4.69, 9.17) is 9.47 Å². The van der Waals surface area contributed by atoms with Crippen LogP contribution in [0.25, 0.3) is 17.2 Å². The van der Waals surface area contributed by atoms with Crippen molar-refractivity contribution in [3.8, 4) is 22.6 Å². The number of H-pyrrole nitrogens is 1. The van der Waals surface area contributed by atoms with E-state index in [-0.39, 0.29) is 17.7 Å². The van der Waals surface area contributed by atoms with Crippen LogP contribution < -0.4 is 25.7 Å². The van der Waals surface area contributed by atoms with E-state index < -0.39 is 11.7 Å². The maximum Gasteiger partial charge on any atom is 0.416 e. The van der Waals surface area contributed by atoms with E-state index in [9.17, 15) is 18.0 Å². The summed E-state index contributed by atoms with van der Waals surface area (Å²) in [5.41, 5.74) is 0.956. The molecule has 5 nitrogen and oxygen atoms in total. The Balaban J connectivity index is 1.66. The van der Waals surface area contributed by atoms with Crippen molar-refractivity contribution in [3.63, 3.8) is 0 Å². The van der Waals surface area contributed by atoms with Gasteiger partial charge in [-0.2, -0.15) is 13.2 Å². The molecule has 1 aliphatic rings. The molecule has 0 atom stereocenters. The number of alkyl halides is 3. The van der Waals surface area contributed by atoms with Crippen molar-refractivity contribution < 1.29 is 22.6 Å². The van der Waals surface area contributed by atoms with Crippen LogP contribution in [0.15, 0.2) is 58.3 Å². The van der Waals surface area contributed by atoms with Crippen molar-refractivity contribution in [3.05, 3.63) is 80.7 Å². The van der Waals surface area contributed by atoms with Gasteiger partial charge in [0.1, 0.15) is 12.1 Å².